The number of ether oxygens (including phenoxy) is 3. The summed E-state index contributed by atoms with van der Waals surface area (Å²) in [6, 6.07) is 10.9. The number of aryl methyl sites for hydroxylation is 1. The van der Waals surface area contributed by atoms with Gasteiger partial charge in [-0.25, -0.2) is 0 Å². The number of nitrogens with zero attached hydrogens (tertiary/aromatic N) is 1. The number of likely N-dealkylation sites (tertiary alicyclic amines) is 1. The minimum Gasteiger partial charge on any atom is -0.493 e. The van der Waals surface area contributed by atoms with Crippen molar-refractivity contribution < 1.29 is 23.8 Å². The van der Waals surface area contributed by atoms with Crippen molar-refractivity contribution in [3.05, 3.63) is 53.1 Å². The van der Waals surface area contributed by atoms with E-state index in [-0.39, 0.29) is 17.9 Å². The van der Waals surface area contributed by atoms with Gasteiger partial charge in [-0.05, 0) is 44.0 Å². The zero-order valence-corrected chi connectivity index (χ0v) is 17.9. The number of hydrogen-bond donors (Lipinski definition) is 1. The molecule has 0 atom stereocenters. The molecule has 0 saturated carbocycles. The van der Waals surface area contributed by atoms with Gasteiger partial charge in [-0.15, -0.1) is 0 Å². The first kappa shape index (κ1) is 21.5. The van der Waals surface area contributed by atoms with Gasteiger partial charge in [-0.2, -0.15) is 0 Å². The van der Waals surface area contributed by atoms with Crippen LogP contribution in [-0.2, 0) is 0 Å². The molecule has 1 aliphatic rings. The van der Waals surface area contributed by atoms with Gasteiger partial charge < -0.3 is 24.4 Å². The second-order valence-corrected chi connectivity index (χ2v) is 7.32. The van der Waals surface area contributed by atoms with E-state index in [4.69, 9.17) is 14.2 Å². The van der Waals surface area contributed by atoms with E-state index in [9.17, 15) is 9.59 Å². The molecule has 0 aliphatic carbocycles. The van der Waals surface area contributed by atoms with Gasteiger partial charge in [0, 0.05) is 30.3 Å². The molecule has 2 aromatic carbocycles. The second kappa shape index (κ2) is 9.52. The van der Waals surface area contributed by atoms with Crippen LogP contribution in [0.25, 0.3) is 0 Å². The Kier molecular flexibility index (Phi) is 6.82. The Balaban J connectivity index is 1.62. The van der Waals surface area contributed by atoms with Crippen LogP contribution in [0.15, 0.2) is 36.4 Å². The van der Waals surface area contributed by atoms with Crippen LogP contribution in [0.3, 0.4) is 0 Å². The largest absolute Gasteiger partial charge is 0.493 e. The van der Waals surface area contributed by atoms with Gasteiger partial charge in [0.2, 0.25) is 5.75 Å². The van der Waals surface area contributed by atoms with Crippen LogP contribution < -0.4 is 19.5 Å². The molecule has 1 heterocycles. The van der Waals surface area contributed by atoms with E-state index in [1.807, 2.05) is 36.1 Å². The van der Waals surface area contributed by atoms with E-state index >= 15 is 0 Å². The molecule has 0 aromatic heterocycles. The summed E-state index contributed by atoms with van der Waals surface area (Å²) >= 11 is 0. The molecule has 30 heavy (non-hydrogen) atoms. The topological polar surface area (TPSA) is 77.1 Å². The fraction of sp³-hybridized carbons (Fsp3) is 0.391. The van der Waals surface area contributed by atoms with E-state index in [0.717, 1.165) is 5.56 Å². The lowest BCUT2D eigenvalue weighted by atomic mass is 10.0. The summed E-state index contributed by atoms with van der Waals surface area (Å²) in [6.07, 6.45) is 1.40. The summed E-state index contributed by atoms with van der Waals surface area (Å²) in [5.41, 5.74) is 2.20. The van der Waals surface area contributed by atoms with Crippen LogP contribution >= 0.6 is 0 Å². The maximum absolute atomic E-state index is 12.8. The van der Waals surface area contributed by atoms with Gasteiger partial charge in [-0.3, -0.25) is 9.59 Å². The number of benzene rings is 2. The number of carbonyl (C=O) groups is 2. The van der Waals surface area contributed by atoms with E-state index in [1.165, 1.54) is 21.3 Å². The van der Waals surface area contributed by atoms with E-state index in [0.29, 0.717) is 54.3 Å². The Bertz CT molecular complexity index is 895. The lowest BCUT2D eigenvalue weighted by Gasteiger charge is -2.32. The number of amides is 2. The van der Waals surface area contributed by atoms with Crippen molar-refractivity contribution in [2.75, 3.05) is 34.4 Å². The Hall–Kier alpha value is -3.22. The highest BCUT2D eigenvalue weighted by Gasteiger charge is 2.26. The molecule has 2 amide bonds. The van der Waals surface area contributed by atoms with Crippen LogP contribution in [0, 0.1) is 6.92 Å². The molecule has 1 saturated heterocycles. The van der Waals surface area contributed by atoms with Crippen molar-refractivity contribution >= 4 is 11.8 Å². The molecule has 7 nitrogen and oxygen atoms in total. The Morgan fingerprint density at radius 3 is 2.10 bits per heavy atom. The van der Waals surface area contributed by atoms with Gasteiger partial charge in [0.15, 0.2) is 11.5 Å². The number of nitrogens with one attached hydrogen (secondary N) is 1. The fourth-order valence-corrected chi connectivity index (χ4v) is 3.67. The van der Waals surface area contributed by atoms with Crippen LogP contribution in [0.1, 0.15) is 39.1 Å². The van der Waals surface area contributed by atoms with Gasteiger partial charge >= 0.3 is 0 Å². The van der Waals surface area contributed by atoms with Crippen LogP contribution in [0.5, 0.6) is 17.2 Å². The third-order valence-electron chi connectivity index (χ3n) is 5.31. The molecule has 7 heteroatoms. The molecular formula is C23H28N2O5. The summed E-state index contributed by atoms with van der Waals surface area (Å²) < 4.78 is 15.9. The van der Waals surface area contributed by atoms with Crippen LogP contribution in [-0.4, -0.2) is 57.2 Å². The Morgan fingerprint density at radius 2 is 1.57 bits per heavy atom. The number of hydrogen-bond acceptors (Lipinski definition) is 5. The molecule has 0 bridgehead atoms. The maximum Gasteiger partial charge on any atom is 0.253 e. The van der Waals surface area contributed by atoms with E-state index in [1.54, 1.807) is 12.1 Å². The fourth-order valence-electron chi connectivity index (χ4n) is 3.67. The zero-order chi connectivity index (χ0) is 21.7. The monoisotopic (exact) mass is 412 g/mol. The van der Waals surface area contributed by atoms with Gasteiger partial charge in [-0.1, -0.05) is 17.7 Å². The zero-order valence-electron chi connectivity index (χ0n) is 17.9. The molecule has 2 aromatic rings. The first-order chi connectivity index (χ1) is 14.5. The van der Waals surface area contributed by atoms with Crippen molar-refractivity contribution in [2.24, 2.45) is 0 Å². The number of carbonyl (C=O) groups excluding carboxylic acids is 2. The summed E-state index contributed by atoms with van der Waals surface area (Å²) in [4.78, 5) is 27.3. The van der Waals surface area contributed by atoms with Crippen LogP contribution in [0.2, 0.25) is 0 Å². The smallest absolute Gasteiger partial charge is 0.253 e. The van der Waals surface area contributed by atoms with Crippen molar-refractivity contribution in [2.45, 2.75) is 25.8 Å². The molecule has 0 spiro atoms. The molecule has 0 unspecified atom stereocenters. The predicted molar refractivity (Wildman–Crippen MR) is 114 cm³/mol. The summed E-state index contributed by atoms with van der Waals surface area (Å²) in [5.74, 6) is 1.13. The summed E-state index contributed by atoms with van der Waals surface area (Å²) in [5, 5.41) is 3.05. The van der Waals surface area contributed by atoms with Crippen LogP contribution in [0.4, 0.5) is 0 Å². The lowest BCUT2D eigenvalue weighted by Crippen LogP contribution is -2.46. The third kappa shape index (κ3) is 4.67. The SMILES string of the molecule is COc1cc(C(=O)NC2CCN(C(=O)c3cccc(C)c3)CC2)cc(OC)c1OC. The van der Waals surface area contributed by atoms with Gasteiger partial charge in [0.1, 0.15) is 0 Å². The number of rotatable bonds is 6. The van der Waals surface area contributed by atoms with E-state index in [2.05, 4.69) is 5.32 Å². The molecule has 1 N–H and O–H groups in total. The highest BCUT2D eigenvalue weighted by molar-refractivity contribution is 5.96. The second-order valence-electron chi connectivity index (χ2n) is 7.32. The third-order valence-corrected chi connectivity index (χ3v) is 5.31. The highest BCUT2D eigenvalue weighted by atomic mass is 16.5. The molecule has 1 aliphatic heterocycles. The highest BCUT2D eigenvalue weighted by Crippen LogP contribution is 2.38. The predicted octanol–water partition coefficient (Wildman–Crippen LogP) is 3.06. The Morgan fingerprint density at radius 1 is 0.933 bits per heavy atom. The van der Waals surface area contributed by atoms with Crippen molar-refractivity contribution in [3.63, 3.8) is 0 Å². The maximum atomic E-state index is 12.8. The molecule has 160 valence electrons. The van der Waals surface area contributed by atoms with Crippen molar-refractivity contribution in [1.82, 2.24) is 10.2 Å². The summed E-state index contributed by atoms with van der Waals surface area (Å²) in [7, 11) is 4.55. The number of methoxy groups -OCH3 is 3. The minimum absolute atomic E-state index is 0.00171. The lowest BCUT2D eigenvalue weighted by molar-refractivity contribution is 0.0698. The van der Waals surface area contributed by atoms with Crippen molar-refractivity contribution in [3.8, 4) is 17.2 Å². The average molecular weight is 412 g/mol. The average Bonchev–Trinajstić information content (AvgIpc) is 2.77. The van der Waals surface area contributed by atoms with Gasteiger partial charge in [0.05, 0.1) is 21.3 Å². The molecule has 1 fully saturated rings. The van der Waals surface area contributed by atoms with Gasteiger partial charge in [0.25, 0.3) is 11.8 Å². The first-order valence-corrected chi connectivity index (χ1v) is 9.93. The Labute approximate surface area is 176 Å². The standard InChI is InChI=1S/C23H28N2O5/c1-15-6-5-7-16(12-15)23(27)25-10-8-18(9-11-25)24-22(26)17-13-19(28-2)21(30-4)20(14-17)29-3/h5-7,12-14,18H,8-11H2,1-4H3,(H,24,26). The number of piperidine rings is 1. The molecule has 3 rings (SSSR count). The summed E-state index contributed by atoms with van der Waals surface area (Å²) in [6.45, 7) is 3.18. The first-order valence-electron chi connectivity index (χ1n) is 9.93. The minimum atomic E-state index is -0.210. The molecule has 0 radical (unpaired) electrons. The quantitative estimate of drug-likeness (QED) is 0.789. The normalized spacial score (nSPS) is 14.2. The molecular weight excluding hydrogens is 384 g/mol. The van der Waals surface area contributed by atoms with Crippen molar-refractivity contribution in [1.29, 1.82) is 0 Å². The van der Waals surface area contributed by atoms with E-state index < -0.39 is 0 Å².